The van der Waals surface area contributed by atoms with Crippen LogP contribution in [0, 0.1) is 15.9 Å². The van der Waals surface area contributed by atoms with Crippen LogP contribution in [0.2, 0.25) is 0 Å². The van der Waals surface area contributed by atoms with Crippen LogP contribution < -0.4 is 4.90 Å². The van der Waals surface area contributed by atoms with Crippen LogP contribution in [-0.4, -0.2) is 31.7 Å². The molecule has 0 bridgehead atoms. The molecule has 6 heteroatoms. The molecule has 0 saturated heterocycles. The van der Waals surface area contributed by atoms with E-state index in [0.29, 0.717) is 25.4 Å². The molecule has 0 atom stereocenters. The van der Waals surface area contributed by atoms with Crippen molar-refractivity contribution in [2.45, 2.75) is 6.92 Å². The number of rotatable bonds is 6. The Hall–Kier alpha value is -1.69. The highest BCUT2D eigenvalue weighted by molar-refractivity contribution is 5.51. The van der Waals surface area contributed by atoms with Crippen LogP contribution in [0.15, 0.2) is 18.2 Å². The maximum absolute atomic E-state index is 13.6. The molecule has 0 spiro atoms. The van der Waals surface area contributed by atoms with Crippen LogP contribution in [0.4, 0.5) is 15.8 Å². The number of halogens is 1. The first kappa shape index (κ1) is 13.4. The topological polar surface area (TPSA) is 55.6 Å². The van der Waals surface area contributed by atoms with Crippen molar-refractivity contribution in [2.75, 3.05) is 31.7 Å². The van der Waals surface area contributed by atoms with Gasteiger partial charge in [-0.1, -0.05) is 0 Å². The van der Waals surface area contributed by atoms with Gasteiger partial charge in [0.25, 0.3) is 5.69 Å². The Morgan fingerprint density at radius 3 is 2.76 bits per heavy atom. The predicted molar refractivity (Wildman–Crippen MR) is 62.8 cm³/mol. The molecular weight excluding hydrogens is 227 g/mol. The van der Waals surface area contributed by atoms with Crippen molar-refractivity contribution in [3.8, 4) is 0 Å². The van der Waals surface area contributed by atoms with E-state index in [1.54, 1.807) is 11.9 Å². The van der Waals surface area contributed by atoms with Crippen LogP contribution in [0.25, 0.3) is 0 Å². The van der Waals surface area contributed by atoms with Gasteiger partial charge in [-0.05, 0) is 13.0 Å². The second kappa shape index (κ2) is 6.15. The lowest BCUT2D eigenvalue weighted by atomic mass is 10.2. The number of nitrogens with zero attached hydrogens (tertiary/aromatic N) is 2. The van der Waals surface area contributed by atoms with Crippen molar-refractivity contribution in [1.29, 1.82) is 0 Å². The number of non-ortho nitro benzene ring substituents is 1. The third-order valence-electron chi connectivity index (χ3n) is 2.33. The zero-order chi connectivity index (χ0) is 12.8. The SMILES string of the molecule is CCOCCN(C)c1ccc([N+](=O)[O-])cc1F. The summed E-state index contributed by atoms with van der Waals surface area (Å²) >= 11 is 0. The summed E-state index contributed by atoms with van der Waals surface area (Å²) in [5.41, 5.74) is 0.0831. The minimum Gasteiger partial charge on any atom is -0.380 e. The minimum atomic E-state index is -0.618. The van der Waals surface area contributed by atoms with Gasteiger partial charge in [0.15, 0.2) is 5.82 Å². The van der Waals surface area contributed by atoms with Gasteiger partial charge in [0, 0.05) is 26.3 Å². The van der Waals surface area contributed by atoms with Crippen LogP contribution >= 0.6 is 0 Å². The molecule has 1 rings (SSSR count). The van der Waals surface area contributed by atoms with E-state index in [9.17, 15) is 14.5 Å². The van der Waals surface area contributed by atoms with Gasteiger partial charge >= 0.3 is 0 Å². The smallest absolute Gasteiger partial charge is 0.272 e. The van der Waals surface area contributed by atoms with Crippen molar-refractivity contribution in [2.24, 2.45) is 0 Å². The second-order valence-corrected chi connectivity index (χ2v) is 3.51. The number of benzene rings is 1. The molecule has 0 amide bonds. The van der Waals surface area contributed by atoms with Crippen LogP contribution in [0.1, 0.15) is 6.92 Å². The summed E-state index contributed by atoms with van der Waals surface area (Å²) in [7, 11) is 1.71. The number of anilines is 1. The first-order chi connectivity index (χ1) is 8.06. The highest BCUT2D eigenvalue weighted by Gasteiger charge is 2.13. The molecule has 0 aliphatic heterocycles. The monoisotopic (exact) mass is 242 g/mol. The van der Waals surface area contributed by atoms with E-state index in [1.807, 2.05) is 6.92 Å². The highest BCUT2D eigenvalue weighted by Crippen LogP contribution is 2.22. The summed E-state index contributed by atoms with van der Waals surface area (Å²) in [6, 6.07) is 3.61. The molecule has 1 aromatic carbocycles. The van der Waals surface area contributed by atoms with Gasteiger partial charge in [-0.2, -0.15) is 0 Å². The van der Waals surface area contributed by atoms with Crippen LogP contribution in [0.3, 0.4) is 0 Å². The average molecular weight is 242 g/mol. The van der Waals surface area contributed by atoms with E-state index in [-0.39, 0.29) is 5.69 Å². The van der Waals surface area contributed by atoms with Gasteiger partial charge in [-0.25, -0.2) is 4.39 Å². The van der Waals surface area contributed by atoms with Crippen LogP contribution in [0.5, 0.6) is 0 Å². The predicted octanol–water partition coefficient (Wildman–Crippen LogP) is 2.21. The number of hydrogen-bond donors (Lipinski definition) is 0. The minimum absolute atomic E-state index is 0.246. The quantitative estimate of drug-likeness (QED) is 0.436. The summed E-state index contributed by atoms with van der Waals surface area (Å²) in [4.78, 5) is 11.5. The molecule has 0 heterocycles. The van der Waals surface area contributed by atoms with Crippen molar-refractivity contribution in [3.63, 3.8) is 0 Å². The van der Waals surface area contributed by atoms with E-state index in [1.165, 1.54) is 12.1 Å². The molecular formula is C11H15FN2O3. The fourth-order valence-corrected chi connectivity index (χ4v) is 1.39. The second-order valence-electron chi connectivity index (χ2n) is 3.51. The highest BCUT2D eigenvalue weighted by atomic mass is 19.1. The van der Waals surface area contributed by atoms with Gasteiger partial charge in [-0.15, -0.1) is 0 Å². The van der Waals surface area contributed by atoms with Gasteiger partial charge in [-0.3, -0.25) is 10.1 Å². The lowest BCUT2D eigenvalue weighted by molar-refractivity contribution is -0.385. The van der Waals surface area contributed by atoms with Gasteiger partial charge < -0.3 is 9.64 Å². The lowest BCUT2D eigenvalue weighted by Crippen LogP contribution is -2.23. The number of nitro benzene ring substituents is 1. The Morgan fingerprint density at radius 1 is 1.53 bits per heavy atom. The van der Waals surface area contributed by atoms with Gasteiger partial charge in [0.2, 0.25) is 0 Å². The number of hydrogen-bond acceptors (Lipinski definition) is 4. The first-order valence-electron chi connectivity index (χ1n) is 5.29. The normalized spacial score (nSPS) is 10.3. The Balaban J connectivity index is 2.74. The summed E-state index contributed by atoms with van der Waals surface area (Å²) < 4.78 is 18.7. The van der Waals surface area contributed by atoms with Crippen molar-refractivity contribution in [3.05, 3.63) is 34.1 Å². The van der Waals surface area contributed by atoms with Crippen molar-refractivity contribution in [1.82, 2.24) is 0 Å². The van der Waals surface area contributed by atoms with E-state index >= 15 is 0 Å². The number of likely N-dealkylation sites (N-methyl/N-ethyl adjacent to an activating group) is 1. The Morgan fingerprint density at radius 2 is 2.24 bits per heavy atom. The molecule has 0 saturated carbocycles. The summed E-state index contributed by atoms with van der Waals surface area (Å²) in [5, 5.41) is 10.5. The molecule has 0 aliphatic carbocycles. The van der Waals surface area contributed by atoms with E-state index in [4.69, 9.17) is 4.74 Å². The fourth-order valence-electron chi connectivity index (χ4n) is 1.39. The van der Waals surface area contributed by atoms with Gasteiger partial charge in [0.1, 0.15) is 0 Å². The zero-order valence-electron chi connectivity index (χ0n) is 9.85. The van der Waals surface area contributed by atoms with E-state index < -0.39 is 10.7 Å². The summed E-state index contributed by atoms with van der Waals surface area (Å²) in [6.45, 7) is 3.51. The molecule has 5 nitrogen and oxygen atoms in total. The summed E-state index contributed by atoms with van der Waals surface area (Å²) in [6.07, 6.45) is 0. The molecule has 0 N–H and O–H groups in total. The maximum Gasteiger partial charge on any atom is 0.272 e. The van der Waals surface area contributed by atoms with Crippen molar-refractivity contribution < 1.29 is 14.1 Å². The molecule has 17 heavy (non-hydrogen) atoms. The first-order valence-corrected chi connectivity index (χ1v) is 5.29. The Labute approximate surface area is 98.9 Å². The number of ether oxygens (including phenoxy) is 1. The van der Waals surface area contributed by atoms with Crippen LogP contribution in [-0.2, 0) is 4.74 Å². The largest absolute Gasteiger partial charge is 0.380 e. The average Bonchev–Trinajstić information content (AvgIpc) is 2.28. The third-order valence-corrected chi connectivity index (χ3v) is 2.33. The van der Waals surface area contributed by atoms with Gasteiger partial charge in [0.05, 0.1) is 23.3 Å². The maximum atomic E-state index is 13.6. The fraction of sp³-hybridized carbons (Fsp3) is 0.455. The molecule has 0 aliphatic rings. The molecule has 0 radical (unpaired) electrons. The summed E-state index contributed by atoms with van der Waals surface area (Å²) in [5.74, 6) is -0.599. The standard InChI is InChI=1S/C11H15FN2O3/c1-3-17-7-6-13(2)11-5-4-9(14(15)16)8-10(11)12/h4-5,8H,3,6-7H2,1-2H3. The molecule has 0 unspecified atom stereocenters. The van der Waals surface area contributed by atoms with E-state index in [0.717, 1.165) is 6.07 Å². The molecule has 1 aromatic rings. The Kier molecular flexibility index (Phi) is 4.84. The van der Waals surface area contributed by atoms with E-state index in [2.05, 4.69) is 0 Å². The molecule has 94 valence electrons. The molecule has 0 aromatic heterocycles. The zero-order valence-corrected chi connectivity index (χ0v) is 9.85. The molecule has 0 fully saturated rings. The van der Waals surface area contributed by atoms with Crippen molar-refractivity contribution >= 4 is 11.4 Å². The third kappa shape index (κ3) is 3.67. The number of nitro groups is 1. The Bertz CT molecular complexity index is 398. The lowest BCUT2D eigenvalue weighted by Gasteiger charge is -2.19.